The Balaban J connectivity index is 2.47. The fraction of sp³-hybridized carbons (Fsp3) is 0.462. The molecule has 1 aromatic rings. The summed E-state index contributed by atoms with van der Waals surface area (Å²) in [7, 11) is -2.52. The smallest absolute Gasteiger partial charge is 0.337 e. The molecule has 1 aromatic carbocycles. The Hall–Kier alpha value is -1.18. The Labute approximate surface area is 127 Å². The van der Waals surface area contributed by atoms with Gasteiger partial charge < -0.3 is 5.11 Å². The van der Waals surface area contributed by atoms with Crippen molar-refractivity contribution in [1.29, 1.82) is 0 Å². The van der Waals surface area contributed by atoms with E-state index in [1.807, 2.05) is 0 Å². The Bertz CT molecular complexity index is 671. The van der Waals surface area contributed by atoms with E-state index in [1.165, 1.54) is 11.4 Å². The van der Waals surface area contributed by atoms with Crippen LogP contribution in [0.5, 0.6) is 0 Å². The van der Waals surface area contributed by atoms with E-state index < -0.39 is 37.3 Å². The Morgan fingerprint density at radius 1 is 1.38 bits per heavy atom. The number of hydrogen-bond acceptors (Lipinski definition) is 3. The molecular formula is C13H15ClFNO4S. The first kappa shape index (κ1) is 16.2. The predicted molar refractivity (Wildman–Crippen MR) is 75.6 cm³/mol. The van der Waals surface area contributed by atoms with Gasteiger partial charge in [-0.15, -0.1) is 0 Å². The molecular weight excluding hydrogens is 321 g/mol. The van der Waals surface area contributed by atoms with Crippen molar-refractivity contribution in [2.75, 3.05) is 7.05 Å². The van der Waals surface area contributed by atoms with Crippen molar-refractivity contribution in [3.63, 3.8) is 0 Å². The maximum absolute atomic E-state index is 13.7. The fourth-order valence-corrected chi connectivity index (χ4v) is 4.14. The molecule has 2 rings (SSSR count). The van der Waals surface area contributed by atoms with Gasteiger partial charge in [0.15, 0.2) is 0 Å². The molecule has 0 saturated heterocycles. The Morgan fingerprint density at radius 3 is 2.48 bits per heavy atom. The van der Waals surface area contributed by atoms with E-state index in [0.717, 1.165) is 37.8 Å². The van der Waals surface area contributed by atoms with Crippen molar-refractivity contribution in [3.05, 3.63) is 28.5 Å². The van der Waals surface area contributed by atoms with E-state index in [0.29, 0.717) is 0 Å². The summed E-state index contributed by atoms with van der Waals surface area (Å²) in [6.07, 6.45) is 3.38. The van der Waals surface area contributed by atoms with Gasteiger partial charge in [-0.3, -0.25) is 0 Å². The molecule has 5 nitrogen and oxygen atoms in total. The quantitative estimate of drug-likeness (QED) is 0.918. The summed E-state index contributed by atoms with van der Waals surface area (Å²) in [5.74, 6) is -2.53. The molecule has 0 atom stereocenters. The van der Waals surface area contributed by atoms with Gasteiger partial charge in [0.2, 0.25) is 10.0 Å². The Kier molecular flexibility index (Phi) is 4.55. The lowest BCUT2D eigenvalue weighted by Crippen LogP contribution is -2.35. The van der Waals surface area contributed by atoms with Gasteiger partial charge >= 0.3 is 5.97 Å². The summed E-state index contributed by atoms with van der Waals surface area (Å²) in [5.41, 5.74) is -0.560. The zero-order valence-electron chi connectivity index (χ0n) is 11.3. The van der Waals surface area contributed by atoms with E-state index in [4.69, 9.17) is 16.7 Å². The third-order valence-electron chi connectivity index (χ3n) is 3.75. The molecule has 1 aliphatic carbocycles. The summed E-state index contributed by atoms with van der Waals surface area (Å²) in [5, 5.41) is 8.38. The van der Waals surface area contributed by atoms with Crippen LogP contribution in [0.3, 0.4) is 0 Å². The molecule has 1 saturated carbocycles. The van der Waals surface area contributed by atoms with Crippen LogP contribution in [0.1, 0.15) is 36.0 Å². The number of carboxylic acids is 1. The third kappa shape index (κ3) is 3.04. The van der Waals surface area contributed by atoms with E-state index in [1.54, 1.807) is 0 Å². The van der Waals surface area contributed by atoms with Crippen LogP contribution in [0.25, 0.3) is 0 Å². The molecule has 21 heavy (non-hydrogen) atoms. The first-order valence-electron chi connectivity index (χ1n) is 6.45. The summed E-state index contributed by atoms with van der Waals surface area (Å²) in [6, 6.07) is 1.52. The lowest BCUT2D eigenvalue weighted by atomic mass is 10.2. The van der Waals surface area contributed by atoms with E-state index in [9.17, 15) is 17.6 Å². The highest BCUT2D eigenvalue weighted by Gasteiger charge is 2.31. The second-order valence-corrected chi connectivity index (χ2v) is 7.41. The van der Waals surface area contributed by atoms with Crippen LogP contribution >= 0.6 is 11.6 Å². The van der Waals surface area contributed by atoms with Gasteiger partial charge in [-0.2, -0.15) is 4.31 Å². The van der Waals surface area contributed by atoms with E-state index in [-0.39, 0.29) is 6.04 Å². The van der Waals surface area contributed by atoms with Crippen LogP contribution in [0.4, 0.5) is 4.39 Å². The molecule has 0 bridgehead atoms. The molecule has 116 valence electrons. The molecule has 1 N–H and O–H groups in total. The monoisotopic (exact) mass is 335 g/mol. The zero-order valence-corrected chi connectivity index (χ0v) is 12.9. The van der Waals surface area contributed by atoms with Crippen LogP contribution < -0.4 is 0 Å². The van der Waals surface area contributed by atoms with Gasteiger partial charge in [-0.1, -0.05) is 24.4 Å². The molecule has 1 fully saturated rings. The van der Waals surface area contributed by atoms with Gasteiger partial charge in [0.25, 0.3) is 0 Å². The van der Waals surface area contributed by atoms with Crippen LogP contribution in [0, 0.1) is 5.82 Å². The topological polar surface area (TPSA) is 74.7 Å². The molecule has 0 amide bonds. The Morgan fingerprint density at radius 2 is 1.95 bits per heavy atom. The molecule has 0 aromatic heterocycles. The molecule has 0 spiro atoms. The lowest BCUT2D eigenvalue weighted by molar-refractivity contribution is 0.0696. The highest BCUT2D eigenvalue weighted by atomic mass is 35.5. The summed E-state index contributed by atoms with van der Waals surface area (Å²) in [6.45, 7) is 0. The van der Waals surface area contributed by atoms with Gasteiger partial charge in [-0.05, 0) is 25.0 Å². The number of benzene rings is 1. The first-order chi connectivity index (χ1) is 9.75. The van der Waals surface area contributed by atoms with Crippen LogP contribution in [-0.2, 0) is 10.0 Å². The van der Waals surface area contributed by atoms with E-state index >= 15 is 0 Å². The maximum atomic E-state index is 13.7. The SMILES string of the molecule is CN(C1CCCC1)S(=O)(=O)c1cc(F)c(Cl)c(C(=O)O)c1. The number of carboxylic acid groups (broad SMARTS) is 1. The van der Waals surface area contributed by atoms with Gasteiger partial charge in [0.05, 0.1) is 15.5 Å². The maximum Gasteiger partial charge on any atom is 0.337 e. The number of nitrogens with zero attached hydrogens (tertiary/aromatic N) is 1. The van der Waals surface area contributed by atoms with Crippen LogP contribution in [0.2, 0.25) is 5.02 Å². The largest absolute Gasteiger partial charge is 0.478 e. The van der Waals surface area contributed by atoms with Crippen LogP contribution in [-0.4, -0.2) is 36.9 Å². The van der Waals surface area contributed by atoms with Crippen LogP contribution in [0.15, 0.2) is 17.0 Å². The summed E-state index contributed by atoms with van der Waals surface area (Å²) < 4.78 is 39.8. The minimum absolute atomic E-state index is 0.137. The van der Waals surface area contributed by atoms with Gasteiger partial charge in [0.1, 0.15) is 5.82 Å². The highest BCUT2D eigenvalue weighted by molar-refractivity contribution is 7.89. The van der Waals surface area contributed by atoms with Gasteiger partial charge in [-0.25, -0.2) is 17.6 Å². The second kappa shape index (κ2) is 5.90. The van der Waals surface area contributed by atoms with Crippen molar-refractivity contribution in [1.82, 2.24) is 4.31 Å². The average molecular weight is 336 g/mol. The number of hydrogen-bond donors (Lipinski definition) is 1. The average Bonchev–Trinajstić information content (AvgIpc) is 2.94. The predicted octanol–water partition coefficient (Wildman–Crippen LogP) is 2.74. The molecule has 1 aliphatic rings. The molecule has 0 aliphatic heterocycles. The summed E-state index contributed by atoms with van der Waals surface area (Å²) >= 11 is 5.55. The molecule has 8 heteroatoms. The van der Waals surface area contributed by atoms with Crippen molar-refractivity contribution in [2.24, 2.45) is 0 Å². The van der Waals surface area contributed by atoms with Crippen molar-refractivity contribution in [2.45, 2.75) is 36.6 Å². The number of carbonyl (C=O) groups is 1. The lowest BCUT2D eigenvalue weighted by Gasteiger charge is -2.23. The number of aromatic carboxylic acids is 1. The van der Waals surface area contributed by atoms with Crippen molar-refractivity contribution in [3.8, 4) is 0 Å². The molecule has 0 radical (unpaired) electrons. The standard InChI is InChI=1S/C13H15ClFNO4S/c1-16(8-4-2-3-5-8)21(19,20)9-6-10(13(17)18)12(14)11(15)7-9/h6-8H,2-5H2,1H3,(H,17,18). The number of rotatable bonds is 4. The number of halogens is 2. The van der Waals surface area contributed by atoms with E-state index in [2.05, 4.69) is 0 Å². The third-order valence-corrected chi connectivity index (χ3v) is 6.02. The van der Waals surface area contributed by atoms with Crippen molar-refractivity contribution >= 4 is 27.6 Å². The normalized spacial score (nSPS) is 16.6. The second-order valence-electron chi connectivity index (χ2n) is 5.03. The zero-order chi connectivity index (χ0) is 15.8. The first-order valence-corrected chi connectivity index (χ1v) is 8.27. The van der Waals surface area contributed by atoms with Crippen molar-refractivity contribution < 1.29 is 22.7 Å². The number of sulfonamides is 1. The molecule has 0 heterocycles. The minimum atomic E-state index is -3.95. The highest BCUT2D eigenvalue weighted by Crippen LogP contribution is 2.30. The molecule has 0 unspecified atom stereocenters. The minimum Gasteiger partial charge on any atom is -0.478 e. The fourth-order valence-electron chi connectivity index (χ4n) is 2.50. The summed E-state index contributed by atoms with van der Waals surface area (Å²) in [4.78, 5) is 10.6. The van der Waals surface area contributed by atoms with Gasteiger partial charge in [0, 0.05) is 13.1 Å².